The molecule has 2 N–H and O–H groups in total. The number of aromatic hydroxyl groups is 2. The fraction of sp³-hybridized carbons (Fsp3) is 0.0870. The molecule has 4 rings (SSSR count). The van der Waals surface area contributed by atoms with E-state index in [-0.39, 0.29) is 28.9 Å². The summed E-state index contributed by atoms with van der Waals surface area (Å²) in [5.41, 5.74) is 1.28. The second kappa shape index (κ2) is 8.19. The van der Waals surface area contributed by atoms with Crippen molar-refractivity contribution in [3.05, 3.63) is 89.7 Å². The number of hydrogen-bond donors (Lipinski definition) is 2. The van der Waals surface area contributed by atoms with Crippen LogP contribution < -0.4 is 0 Å². The molecule has 1 unspecified atom stereocenters. The largest absolute Gasteiger partial charge is 0.494 e. The standard InChI is InChI=1S/C23H18N4O4/c1-14(15-5-3-2-4-6-15)27-22(30)18-8-7-17(13-19(18)23(27)31)21(29)26-25-20(28)16-9-11-24-12-10-16/h2-14,30-31H,1H3. The minimum atomic E-state index is -0.743. The number of aromatic nitrogens is 2. The number of benzene rings is 2. The first-order chi connectivity index (χ1) is 15.0. The maximum absolute atomic E-state index is 12.4. The van der Waals surface area contributed by atoms with Crippen LogP contribution in [0.3, 0.4) is 0 Å². The molecule has 0 fully saturated rings. The zero-order valence-corrected chi connectivity index (χ0v) is 16.5. The maximum atomic E-state index is 12.4. The number of rotatable bonds is 4. The molecule has 0 saturated carbocycles. The summed E-state index contributed by atoms with van der Waals surface area (Å²) in [6.07, 6.45) is 2.88. The topological polar surface area (TPSA) is 117 Å². The minimum absolute atomic E-state index is 0.114. The summed E-state index contributed by atoms with van der Waals surface area (Å²) >= 11 is 0. The third-order valence-corrected chi connectivity index (χ3v) is 5.03. The van der Waals surface area contributed by atoms with E-state index in [9.17, 15) is 19.8 Å². The van der Waals surface area contributed by atoms with Crippen LogP contribution in [0, 0.1) is 0 Å². The molecule has 0 saturated heterocycles. The first-order valence-corrected chi connectivity index (χ1v) is 9.48. The van der Waals surface area contributed by atoms with Crippen LogP contribution in [-0.2, 0) is 0 Å². The Hall–Kier alpha value is -4.33. The van der Waals surface area contributed by atoms with Gasteiger partial charge >= 0.3 is 0 Å². The van der Waals surface area contributed by atoms with Crippen LogP contribution >= 0.6 is 0 Å². The smallest absolute Gasteiger partial charge is 0.295 e. The molecular weight excluding hydrogens is 396 g/mol. The van der Waals surface area contributed by atoms with Crippen molar-refractivity contribution in [2.24, 2.45) is 10.2 Å². The van der Waals surface area contributed by atoms with E-state index < -0.39 is 11.8 Å². The van der Waals surface area contributed by atoms with Gasteiger partial charge in [-0.05, 0) is 42.8 Å². The van der Waals surface area contributed by atoms with Crippen LogP contribution in [0.4, 0.5) is 0 Å². The van der Waals surface area contributed by atoms with Crippen LogP contribution in [0.25, 0.3) is 10.8 Å². The quantitative estimate of drug-likeness (QED) is 0.477. The third kappa shape index (κ3) is 3.78. The van der Waals surface area contributed by atoms with Crippen molar-refractivity contribution in [3.8, 4) is 11.8 Å². The van der Waals surface area contributed by atoms with E-state index in [2.05, 4.69) is 15.2 Å². The summed E-state index contributed by atoms with van der Waals surface area (Å²) in [5, 5.41) is 29.0. The van der Waals surface area contributed by atoms with Gasteiger partial charge in [0.2, 0.25) is 11.8 Å². The third-order valence-electron chi connectivity index (χ3n) is 5.03. The molecule has 0 bridgehead atoms. The molecule has 0 aliphatic carbocycles. The fourth-order valence-electron chi connectivity index (χ4n) is 3.37. The first kappa shape index (κ1) is 20.0. The molecule has 8 heteroatoms. The first-order valence-electron chi connectivity index (χ1n) is 9.48. The summed E-state index contributed by atoms with van der Waals surface area (Å²) in [4.78, 5) is 28.2. The van der Waals surface area contributed by atoms with Crippen molar-refractivity contribution in [3.63, 3.8) is 0 Å². The van der Waals surface area contributed by atoms with Gasteiger partial charge in [-0.2, -0.15) is 0 Å². The Morgan fingerprint density at radius 2 is 1.45 bits per heavy atom. The summed E-state index contributed by atoms with van der Waals surface area (Å²) in [7, 11) is 0. The number of pyridine rings is 1. The van der Waals surface area contributed by atoms with Crippen molar-refractivity contribution in [2.45, 2.75) is 13.0 Å². The number of amides is 2. The molecule has 2 amide bonds. The highest BCUT2D eigenvalue weighted by atomic mass is 16.3. The van der Waals surface area contributed by atoms with Gasteiger partial charge in [0, 0.05) is 34.3 Å². The zero-order chi connectivity index (χ0) is 22.0. The highest BCUT2D eigenvalue weighted by molar-refractivity contribution is 6.03. The number of hydrogen-bond acceptors (Lipinski definition) is 5. The Balaban J connectivity index is 1.65. The van der Waals surface area contributed by atoms with E-state index in [1.807, 2.05) is 37.3 Å². The lowest BCUT2D eigenvalue weighted by Gasteiger charge is -2.16. The average molecular weight is 414 g/mol. The number of carbonyl (C=O) groups excluding carboxylic acids is 2. The number of carbonyl (C=O) groups is 2. The maximum Gasteiger partial charge on any atom is 0.295 e. The molecule has 0 spiro atoms. The van der Waals surface area contributed by atoms with Crippen LogP contribution in [0.15, 0.2) is 83.3 Å². The molecule has 1 atom stereocenters. The molecular formula is C23H18N4O4. The van der Waals surface area contributed by atoms with E-state index in [1.165, 1.54) is 47.3 Å². The number of fused-ring (bicyclic) bond motifs is 1. The summed E-state index contributed by atoms with van der Waals surface area (Å²) in [6.45, 7) is 1.85. The molecule has 2 heterocycles. The van der Waals surface area contributed by atoms with Gasteiger partial charge in [0.15, 0.2) is 0 Å². The second-order valence-electron chi connectivity index (χ2n) is 6.91. The van der Waals surface area contributed by atoms with Gasteiger partial charge in [0.05, 0.1) is 6.04 Å². The molecule has 0 aliphatic rings. The molecule has 154 valence electrons. The van der Waals surface area contributed by atoms with E-state index in [1.54, 1.807) is 0 Å². The average Bonchev–Trinajstić information content (AvgIpc) is 3.07. The fourth-order valence-corrected chi connectivity index (χ4v) is 3.37. The van der Waals surface area contributed by atoms with E-state index in [0.717, 1.165) is 5.56 Å². The monoisotopic (exact) mass is 414 g/mol. The van der Waals surface area contributed by atoms with Gasteiger partial charge in [-0.15, -0.1) is 10.2 Å². The second-order valence-corrected chi connectivity index (χ2v) is 6.91. The van der Waals surface area contributed by atoms with Gasteiger partial charge < -0.3 is 10.2 Å². The lowest BCUT2D eigenvalue weighted by Crippen LogP contribution is -2.05. The van der Waals surface area contributed by atoms with Crippen LogP contribution in [0.5, 0.6) is 11.8 Å². The van der Waals surface area contributed by atoms with Crippen molar-refractivity contribution < 1.29 is 19.8 Å². The van der Waals surface area contributed by atoms with Gasteiger partial charge in [0.1, 0.15) is 0 Å². The van der Waals surface area contributed by atoms with E-state index in [0.29, 0.717) is 10.8 Å². The predicted molar refractivity (Wildman–Crippen MR) is 113 cm³/mol. The SMILES string of the molecule is CC(c1ccccc1)n1c(O)c2ccc(C(=O)N=NC(=O)c3ccncc3)cc2c1O. The van der Waals surface area contributed by atoms with Gasteiger partial charge in [0.25, 0.3) is 11.8 Å². The Labute approximate surface area is 177 Å². The van der Waals surface area contributed by atoms with Gasteiger partial charge in [-0.3, -0.25) is 19.1 Å². The Kier molecular flexibility index (Phi) is 5.28. The lowest BCUT2D eigenvalue weighted by atomic mass is 10.1. The van der Waals surface area contributed by atoms with E-state index >= 15 is 0 Å². The summed E-state index contributed by atoms with van der Waals surface area (Å²) in [5.74, 6) is -1.70. The molecule has 2 aromatic heterocycles. The molecule has 8 nitrogen and oxygen atoms in total. The Morgan fingerprint density at radius 3 is 2.13 bits per heavy atom. The molecule has 4 aromatic rings. The van der Waals surface area contributed by atoms with Crippen molar-refractivity contribution in [2.75, 3.05) is 0 Å². The zero-order valence-electron chi connectivity index (χ0n) is 16.5. The van der Waals surface area contributed by atoms with Crippen LogP contribution in [0.1, 0.15) is 39.2 Å². The van der Waals surface area contributed by atoms with Crippen LogP contribution in [0.2, 0.25) is 0 Å². The van der Waals surface area contributed by atoms with Crippen molar-refractivity contribution in [1.82, 2.24) is 9.55 Å². The number of nitrogens with zero attached hydrogens (tertiary/aromatic N) is 4. The van der Waals surface area contributed by atoms with Gasteiger partial charge in [-0.1, -0.05) is 30.3 Å². The molecule has 2 aromatic carbocycles. The normalized spacial score (nSPS) is 12.3. The number of azo groups is 1. The highest BCUT2D eigenvalue weighted by Gasteiger charge is 2.22. The molecule has 0 aliphatic heterocycles. The van der Waals surface area contributed by atoms with Crippen molar-refractivity contribution in [1.29, 1.82) is 0 Å². The van der Waals surface area contributed by atoms with Crippen LogP contribution in [-0.4, -0.2) is 31.6 Å². The Bertz CT molecular complexity index is 1300. The van der Waals surface area contributed by atoms with Crippen molar-refractivity contribution >= 4 is 22.6 Å². The summed E-state index contributed by atoms with van der Waals surface area (Å²) < 4.78 is 1.39. The minimum Gasteiger partial charge on any atom is -0.494 e. The predicted octanol–water partition coefficient (Wildman–Crippen LogP) is 4.49. The highest BCUT2D eigenvalue weighted by Crippen LogP contribution is 2.40. The Morgan fingerprint density at radius 1 is 0.839 bits per heavy atom. The van der Waals surface area contributed by atoms with Gasteiger partial charge in [-0.25, -0.2) is 0 Å². The lowest BCUT2D eigenvalue weighted by molar-refractivity contribution is 0.0947. The molecule has 31 heavy (non-hydrogen) atoms. The molecule has 0 radical (unpaired) electrons. The summed E-state index contributed by atoms with van der Waals surface area (Å²) in [6, 6.07) is 16.4. The van der Waals surface area contributed by atoms with E-state index in [4.69, 9.17) is 0 Å².